The minimum Gasteiger partial charge on any atom is -0.354 e. The Morgan fingerprint density at radius 2 is 1.93 bits per heavy atom. The monoisotopic (exact) mass is 217 g/mol. The van der Waals surface area contributed by atoms with Crippen LogP contribution in [-0.2, 0) is 6.18 Å². The van der Waals surface area contributed by atoms with Crippen LogP contribution in [0.4, 0.5) is 24.5 Å². The molecule has 0 fully saturated rings. The average molecular weight is 217 g/mol. The zero-order valence-corrected chi connectivity index (χ0v) is 8.04. The molecular weight excluding hydrogens is 207 g/mol. The normalized spacial score (nSPS) is 15.8. The van der Waals surface area contributed by atoms with E-state index in [0.717, 1.165) is 12.1 Å². The highest BCUT2D eigenvalue weighted by atomic mass is 19.4. The van der Waals surface area contributed by atoms with Gasteiger partial charge in [0.2, 0.25) is 0 Å². The van der Waals surface area contributed by atoms with Gasteiger partial charge in [-0.25, -0.2) is 5.84 Å². The number of nitrogens with zero attached hydrogens (tertiary/aromatic N) is 2. The summed E-state index contributed by atoms with van der Waals surface area (Å²) in [5, 5.41) is 1.30. The van der Waals surface area contributed by atoms with Gasteiger partial charge < -0.3 is 4.90 Å². The van der Waals surface area contributed by atoms with Gasteiger partial charge in [0.15, 0.2) is 0 Å². The first-order valence-electron chi connectivity index (χ1n) is 4.34. The van der Waals surface area contributed by atoms with Gasteiger partial charge in [-0.1, -0.05) is 0 Å². The minimum absolute atomic E-state index is 0.399. The Balaban J connectivity index is 2.48. The summed E-state index contributed by atoms with van der Waals surface area (Å²) in [7, 11) is 1.78. The Morgan fingerprint density at radius 3 is 2.53 bits per heavy atom. The number of alkyl halides is 3. The summed E-state index contributed by atoms with van der Waals surface area (Å²) in [6.07, 6.45) is -4.32. The molecule has 3 nitrogen and oxygen atoms in total. The van der Waals surface area contributed by atoms with Crippen molar-refractivity contribution in [2.24, 2.45) is 5.84 Å². The lowest BCUT2D eigenvalue weighted by Crippen LogP contribution is -2.33. The molecule has 1 aliphatic rings. The summed E-state index contributed by atoms with van der Waals surface area (Å²) in [5.41, 5.74) is 0.449. The van der Waals surface area contributed by atoms with Crippen LogP contribution < -0.4 is 15.8 Å². The first-order valence-corrected chi connectivity index (χ1v) is 4.34. The molecule has 0 spiro atoms. The molecule has 0 bridgehead atoms. The molecule has 1 aromatic rings. The zero-order valence-electron chi connectivity index (χ0n) is 8.04. The van der Waals surface area contributed by atoms with Crippen LogP contribution in [0.25, 0.3) is 0 Å². The van der Waals surface area contributed by atoms with Gasteiger partial charge in [-0.2, -0.15) is 13.2 Å². The zero-order chi connectivity index (χ0) is 11.2. The van der Waals surface area contributed by atoms with Crippen molar-refractivity contribution in [2.75, 3.05) is 23.6 Å². The molecule has 0 amide bonds. The summed E-state index contributed by atoms with van der Waals surface area (Å²) >= 11 is 0. The highest BCUT2D eigenvalue weighted by molar-refractivity contribution is 5.76. The van der Waals surface area contributed by atoms with E-state index in [1.807, 2.05) is 0 Å². The van der Waals surface area contributed by atoms with Crippen molar-refractivity contribution in [1.82, 2.24) is 0 Å². The molecule has 0 aromatic heterocycles. The fourth-order valence-corrected chi connectivity index (χ4v) is 1.63. The molecule has 1 aromatic carbocycles. The Kier molecular flexibility index (Phi) is 2.04. The van der Waals surface area contributed by atoms with Crippen molar-refractivity contribution in [3.8, 4) is 0 Å². The number of hydrazine groups is 1. The molecule has 0 saturated heterocycles. The molecule has 0 saturated carbocycles. The second-order valence-electron chi connectivity index (χ2n) is 3.51. The van der Waals surface area contributed by atoms with Gasteiger partial charge in [-0.3, -0.25) is 5.01 Å². The molecule has 0 radical (unpaired) electrons. The predicted molar refractivity (Wildman–Crippen MR) is 51.4 cm³/mol. The standard InChI is InChI=1S/C9H10F3N3/c1-14-5-15(13)8-4-6(9(10,11)12)2-3-7(8)14/h2-4H,5,13H2,1H3. The lowest BCUT2D eigenvalue weighted by Gasteiger charge is -2.12. The number of rotatable bonds is 0. The van der Waals surface area contributed by atoms with Gasteiger partial charge in [0, 0.05) is 7.05 Å². The highest BCUT2D eigenvalue weighted by Crippen LogP contribution is 2.38. The Morgan fingerprint density at radius 1 is 1.27 bits per heavy atom. The molecule has 0 aliphatic carbocycles. The smallest absolute Gasteiger partial charge is 0.354 e. The highest BCUT2D eigenvalue weighted by Gasteiger charge is 2.33. The van der Waals surface area contributed by atoms with Gasteiger partial charge in [0.25, 0.3) is 0 Å². The van der Waals surface area contributed by atoms with Gasteiger partial charge in [-0.05, 0) is 18.2 Å². The molecule has 6 heteroatoms. The summed E-state index contributed by atoms with van der Waals surface area (Å²) in [4.78, 5) is 1.79. The van der Waals surface area contributed by atoms with E-state index in [9.17, 15) is 13.2 Å². The number of fused-ring (bicyclic) bond motifs is 1. The minimum atomic E-state index is -4.32. The molecule has 0 atom stereocenters. The van der Waals surface area contributed by atoms with Crippen LogP contribution in [0.1, 0.15) is 5.56 Å². The third-order valence-electron chi connectivity index (χ3n) is 2.39. The van der Waals surface area contributed by atoms with Crippen molar-refractivity contribution in [1.29, 1.82) is 0 Å². The van der Waals surface area contributed by atoms with Crippen LogP contribution in [0.3, 0.4) is 0 Å². The number of anilines is 2. The second kappa shape index (κ2) is 3.03. The lowest BCUT2D eigenvalue weighted by molar-refractivity contribution is -0.137. The maximum absolute atomic E-state index is 12.4. The van der Waals surface area contributed by atoms with Gasteiger partial charge in [0.1, 0.15) is 6.67 Å². The molecule has 1 aliphatic heterocycles. The van der Waals surface area contributed by atoms with Gasteiger partial charge >= 0.3 is 6.18 Å². The van der Waals surface area contributed by atoms with Crippen molar-refractivity contribution >= 4 is 11.4 Å². The van der Waals surface area contributed by atoms with E-state index in [1.54, 1.807) is 11.9 Å². The Bertz CT molecular complexity index is 389. The van der Waals surface area contributed by atoms with E-state index in [2.05, 4.69) is 0 Å². The number of nitrogens with two attached hydrogens (primary N) is 1. The first-order chi connectivity index (χ1) is 6.89. The van der Waals surface area contributed by atoms with Crippen molar-refractivity contribution < 1.29 is 13.2 Å². The van der Waals surface area contributed by atoms with Crippen LogP contribution >= 0.6 is 0 Å². The SMILES string of the molecule is CN1CN(N)c2cc(C(F)(F)F)ccc21. The summed E-state index contributed by atoms with van der Waals surface area (Å²) < 4.78 is 37.2. The molecule has 2 N–H and O–H groups in total. The Labute approximate surface area is 84.8 Å². The van der Waals surface area contributed by atoms with E-state index in [4.69, 9.17) is 5.84 Å². The summed E-state index contributed by atoms with van der Waals surface area (Å²) in [5.74, 6) is 5.57. The van der Waals surface area contributed by atoms with Gasteiger partial charge in [0.05, 0.1) is 16.9 Å². The fourth-order valence-electron chi connectivity index (χ4n) is 1.63. The first kappa shape index (κ1) is 10.1. The van der Waals surface area contributed by atoms with Crippen LogP contribution in [-0.4, -0.2) is 13.7 Å². The fraction of sp³-hybridized carbons (Fsp3) is 0.333. The van der Waals surface area contributed by atoms with E-state index >= 15 is 0 Å². The molecule has 2 rings (SSSR count). The number of benzene rings is 1. The molecule has 0 unspecified atom stereocenters. The third kappa shape index (κ3) is 1.61. The topological polar surface area (TPSA) is 32.5 Å². The predicted octanol–water partition coefficient (Wildman–Crippen LogP) is 1.79. The summed E-state index contributed by atoms with van der Waals surface area (Å²) in [6.45, 7) is 0.399. The number of halogens is 3. The van der Waals surface area contributed by atoms with Crippen LogP contribution in [0.2, 0.25) is 0 Å². The van der Waals surface area contributed by atoms with Crippen molar-refractivity contribution in [3.05, 3.63) is 23.8 Å². The molecule has 82 valence electrons. The number of hydrogen-bond donors (Lipinski definition) is 1. The summed E-state index contributed by atoms with van der Waals surface area (Å²) in [6, 6.07) is 3.57. The Hall–Kier alpha value is -1.43. The average Bonchev–Trinajstić information content (AvgIpc) is 2.41. The van der Waals surface area contributed by atoms with E-state index in [1.165, 1.54) is 11.1 Å². The largest absolute Gasteiger partial charge is 0.416 e. The number of hydrogen-bond acceptors (Lipinski definition) is 3. The van der Waals surface area contributed by atoms with E-state index in [-0.39, 0.29) is 0 Å². The molecule has 15 heavy (non-hydrogen) atoms. The lowest BCUT2D eigenvalue weighted by atomic mass is 10.1. The quantitative estimate of drug-likeness (QED) is 0.672. The van der Waals surface area contributed by atoms with Crippen LogP contribution in [0.15, 0.2) is 18.2 Å². The van der Waals surface area contributed by atoms with E-state index < -0.39 is 11.7 Å². The van der Waals surface area contributed by atoms with Crippen LogP contribution in [0, 0.1) is 0 Å². The van der Waals surface area contributed by atoms with Gasteiger partial charge in [-0.15, -0.1) is 0 Å². The molecular formula is C9H10F3N3. The maximum atomic E-state index is 12.4. The van der Waals surface area contributed by atoms with Crippen LogP contribution in [0.5, 0.6) is 0 Å². The van der Waals surface area contributed by atoms with Crippen molar-refractivity contribution in [2.45, 2.75) is 6.18 Å². The van der Waals surface area contributed by atoms with Crippen molar-refractivity contribution in [3.63, 3.8) is 0 Å². The molecule has 1 heterocycles. The maximum Gasteiger partial charge on any atom is 0.416 e. The third-order valence-corrected chi connectivity index (χ3v) is 2.39. The van der Waals surface area contributed by atoms with E-state index in [0.29, 0.717) is 18.0 Å². The second-order valence-corrected chi connectivity index (χ2v) is 3.51.